The van der Waals surface area contributed by atoms with E-state index in [1.54, 1.807) is 0 Å². The number of carbonyl (C=O) groups is 5. The number of nitrogens with zero attached hydrogens (tertiary/aromatic N) is 1. The Kier molecular flexibility index (Phi) is 16.1. The summed E-state index contributed by atoms with van der Waals surface area (Å²) in [5, 5.41) is 42.7. The molecule has 0 amide bonds. The largest absolute Gasteiger partial charge is 2.00 e. The fourth-order valence-electron chi connectivity index (χ4n) is 1.94. The van der Waals surface area contributed by atoms with E-state index in [2.05, 4.69) is 0 Å². The van der Waals surface area contributed by atoms with Crippen LogP contribution in [0.15, 0.2) is 18.2 Å². The van der Waals surface area contributed by atoms with Gasteiger partial charge in [-0.25, -0.2) is 14.4 Å². The summed E-state index contributed by atoms with van der Waals surface area (Å²) in [6.07, 6.45) is -0.883. The zero-order chi connectivity index (χ0) is 22.9. The van der Waals surface area contributed by atoms with Gasteiger partial charge in [-0.2, -0.15) is 0 Å². The van der Waals surface area contributed by atoms with Gasteiger partial charge in [0.05, 0.1) is 29.8 Å². The molecule has 0 aliphatic heterocycles. The Bertz CT molecular complexity index is 834. The summed E-state index contributed by atoms with van der Waals surface area (Å²) in [4.78, 5) is 70.0. The van der Waals surface area contributed by atoms with Crippen LogP contribution in [0.2, 0.25) is 0 Å². The molecular weight excluding hydrogens is 504 g/mol. The third-order valence-corrected chi connectivity index (χ3v) is 3.61. The second-order valence-electron chi connectivity index (χ2n) is 5.22. The maximum Gasteiger partial charge on any atom is 2.00 e. The van der Waals surface area contributed by atoms with Crippen molar-refractivity contribution in [2.24, 2.45) is 0 Å². The number of carboxylic acid groups (broad SMARTS) is 5. The first-order valence-corrected chi connectivity index (χ1v) is 8.98. The van der Waals surface area contributed by atoms with Crippen LogP contribution < -0.4 is 0 Å². The van der Waals surface area contributed by atoms with Gasteiger partial charge < -0.3 is 38.2 Å². The molecule has 0 saturated carbocycles. The first-order chi connectivity index (χ1) is 13.2. The van der Waals surface area contributed by atoms with Crippen molar-refractivity contribution in [1.29, 1.82) is 0 Å². The molecule has 31 heavy (non-hydrogen) atoms. The minimum Gasteiger partial charge on any atom is -1.00 e. The molecule has 0 atom stereocenters. The van der Waals surface area contributed by atoms with Gasteiger partial charge in [0.1, 0.15) is 6.29 Å². The van der Waals surface area contributed by atoms with Gasteiger partial charge in [0, 0.05) is 16.5 Å². The summed E-state index contributed by atoms with van der Waals surface area (Å²) < 4.78 is 10.5. The van der Waals surface area contributed by atoms with Gasteiger partial charge >= 0.3 is 60.5 Å². The normalized spacial score (nSPS) is 9.90. The maximum absolute atomic E-state index is 10.7. The fraction of sp³-hybridized carbons (Fsp3) is 0.214. The van der Waals surface area contributed by atoms with Gasteiger partial charge in [0.2, 0.25) is 0 Å². The molecule has 1 rings (SSSR count). The fourth-order valence-corrected chi connectivity index (χ4v) is 2.66. The van der Waals surface area contributed by atoms with Crippen molar-refractivity contribution in [3.05, 3.63) is 34.9 Å². The minimum atomic E-state index is -4.44. The summed E-state index contributed by atoms with van der Waals surface area (Å²) in [5.74, 6) is -7.23. The molecule has 174 valence electrons. The molecule has 0 bridgehead atoms. The average Bonchev–Trinajstić information content (AvgIpc) is 2.51. The Morgan fingerprint density at radius 2 is 1.16 bits per heavy atom. The third-order valence-electron chi connectivity index (χ3n) is 2.84. The van der Waals surface area contributed by atoms with E-state index in [0.29, 0.717) is 4.90 Å². The average molecular weight is 522 g/mol. The number of aliphatic carboxylic acids is 2. The van der Waals surface area contributed by atoms with Crippen LogP contribution in [0.25, 0.3) is 0 Å². The van der Waals surface area contributed by atoms with Crippen molar-refractivity contribution < 1.29 is 83.2 Å². The van der Waals surface area contributed by atoms with Crippen LogP contribution >= 0.6 is 7.60 Å². The summed E-state index contributed by atoms with van der Waals surface area (Å²) in [6, 6.07) is 3.26. The van der Waals surface area contributed by atoms with Crippen molar-refractivity contribution in [1.82, 2.24) is 4.90 Å². The predicted octanol–water partition coefficient (Wildman–Crippen LogP) is -0.784. The van der Waals surface area contributed by atoms with E-state index >= 15 is 0 Å². The van der Waals surface area contributed by atoms with Crippen LogP contribution in [-0.4, -0.2) is 112 Å². The third kappa shape index (κ3) is 13.8. The van der Waals surface area contributed by atoms with Crippen LogP contribution in [0.1, 0.15) is 33.9 Å². The molecule has 14 nitrogen and oxygen atoms in total. The van der Waals surface area contributed by atoms with Gasteiger partial charge in [-0.15, -0.1) is 0 Å². The van der Waals surface area contributed by atoms with Crippen LogP contribution in [0.3, 0.4) is 0 Å². The standard InChI is InChI=1S/C9H6O6.C5H10NO7P.Mg.Ni.2H/c10-7(11)4-2-1-3-5(8(12)13)6(4)9(14)15;7-4(8)1-6(2-5(9)10)3-14(11,12)13;;;;/h1-3H,(H,10,11)(H,12,13)(H,14,15);1-3H2,(H,7,8)(H,9,10)(H2,11,12,13);;;;/q;;+2;;2*-1. The Morgan fingerprint density at radius 3 is 1.39 bits per heavy atom. The molecule has 0 saturated heterocycles. The topological polar surface area (TPSA) is 247 Å². The number of aromatic carboxylic acids is 3. The van der Waals surface area contributed by atoms with E-state index in [9.17, 15) is 28.5 Å². The molecule has 1 aromatic rings. The Labute approximate surface area is 202 Å². The monoisotopic (exact) mass is 521 g/mol. The number of rotatable bonds is 9. The minimum absolute atomic E-state index is 0. The van der Waals surface area contributed by atoms with Crippen molar-refractivity contribution in [2.75, 3.05) is 19.4 Å². The van der Waals surface area contributed by atoms with Gasteiger partial charge in [-0.3, -0.25) is 19.1 Å². The van der Waals surface area contributed by atoms with Crippen molar-refractivity contribution in [3.8, 4) is 0 Å². The van der Waals surface area contributed by atoms with Crippen LogP contribution in [0.5, 0.6) is 0 Å². The van der Waals surface area contributed by atoms with Gasteiger partial charge in [0.25, 0.3) is 0 Å². The number of benzene rings is 1. The number of carboxylic acids is 5. The maximum atomic E-state index is 10.7. The van der Waals surface area contributed by atoms with Crippen molar-refractivity contribution >= 4 is 60.5 Å². The SMILES string of the molecule is O=C(O)CN(CC(=O)O)CP(=O)(O)O.O=C(O)c1cccc(C(=O)O)c1C(=O)O.[H-].[H-].[Mg+2].[Ni]. The molecule has 0 radical (unpaired) electrons. The first kappa shape index (κ1) is 33.6. The summed E-state index contributed by atoms with van der Waals surface area (Å²) in [7, 11) is -4.44. The molecule has 17 heteroatoms. The molecular formula is C14H18MgNNiO13P. The van der Waals surface area contributed by atoms with Crippen LogP contribution in [0, 0.1) is 0 Å². The van der Waals surface area contributed by atoms with E-state index in [-0.39, 0.29) is 42.4 Å². The second-order valence-corrected chi connectivity index (χ2v) is 6.84. The first-order valence-electron chi connectivity index (χ1n) is 7.19. The van der Waals surface area contributed by atoms with Gasteiger partial charge in [0.15, 0.2) is 0 Å². The molecule has 7 N–H and O–H groups in total. The van der Waals surface area contributed by atoms with E-state index in [4.69, 9.17) is 35.3 Å². The molecule has 0 fully saturated rings. The van der Waals surface area contributed by atoms with Gasteiger partial charge in [-0.05, 0) is 12.1 Å². The number of hydrogen-bond acceptors (Lipinski definition) is 7. The zero-order valence-electron chi connectivity index (χ0n) is 17.4. The Morgan fingerprint density at radius 1 is 0.806 bits per heavy atom. The molecule has 0 heterocycles. The van der Waals surface area contributed by atoms with Crippen LogP contribution in [-0.2, 0) is 30.6 Å². The summed E-state index contributed by atoms with van der Waals surface area (Å²) in [6.45, 7) is -1.45. The van der Waals surface area contributed by atoms with Crippen molar-refractivity contribution in [2.45, 2.75) is 0 Å². The Hall–Kier alpha value is -2.06. The smallest absolute Gasteiger partial charge is 1.00 e. The van der Waals surface area contributed by atoms with Crippen LogP contribution in [0.4, 0.5) is 0 Å². The predicted molar refractivity (Wildman–Crippen MR) is 99.1 cm³/mol. The van der Waals surface area contributed by atoms with E-state index in [1.165, 1.54) is 6.07 Å². The van der Waals surface area contributed by atoms with Gasteiger partial charge in [-0.1, -0.05) is 6.07 Å². The molecule has 0 aliphatic carbocycles. The number of hydrogen-bond donors (Lipinski definition) is 7. The molecule has 0 aromatic heterocycles. The molecule has 0 spiro atoms. The van der Waals surface area contributed by atoms with E-state index < -0.39 is 73.5 Å². The zero-order valence-corrected chi connectivity index (χ0v) is 18.6. The van der Waals surface area contributed by atoms with E-state index in [1.807, 2.05) is 0 Å². The quantitative estimate of drug-likeness (QED) is 0.155. The van der Waals surface area contributed by atoms with Crippen molar-refractivity contribution in [3.63, 3.8) is 0 Å². The molecule has 1 aromatic carbocycles. The Balaban J connectivity index is -0.000000142. The summed E-state index contributed by atoms with van der Waals surface area (Å²) in [5.41, 5.74) is -1.79. The second kappa shape index (κ2) is 14.9. The van der Waals surface area contributed by atoms with E-state index in [0.717, 1.165) is 12.1 Å². The summed E-state index contributed by atoms with van der Waals surface area (Å²) >= 11 is 0. The molecule has 0 unspecified atom stereocenters. The molecule has 0 aliphatic rings.